The van der Waals surface area contributed by atoms with Gasteiger partial charge in [0.1, 0.15) is 5.82 Å². The fraction of sp³-hybridized carbons (Fsp3) is 0. The number of pyridine rings is 3. The Morgan fingerprint density at radius 2 is 0.825 bits per heavy atom. The first kappa shape index (κ1) is 36.3. The van der Waals surface area contributed by atoms with Gasteiger partial charge in [0.05, 0.1) is 33.5 Å². The molecule has 0 amide bonds. The van der Waals surface area contributed by atoms with Crippen LogP contribution < -0.4 is 4.90 Å². The van der Waals surface area contributed by atoms with Gasteiger partial charge in [0.25, 0.3) is 0 Å². The molecule has 6 heteroatoms. The highest BCUT2D eigenvalue weighted by Gasteiger charge is 2.21. The van der Waals surface area contributed by atoms with Crippen LogP contribution in [0.5, 0.6) is 0 Å². The van der Waals surface area contributed by atoms with E-state index in [0.717, 1.165) is 67.7 Å². The Labute approximate surface area is 364 Å². The maximum atomic E-state index is 5.06. The number of para-hydroxylation sites is 3. The highest BCUT2D eigenvalue weighted by Crippen LogP contribution is 2.42. The summed E-state index contributed by atoms with van der Waals surface area (Å²) in [7, 11) is 0. The first-order valence-electron chi connectivity index (χ1n) is 21.2. The smallest absolute Gasteiger partial charge is 0.138 e. The average molecular weight is 807 g/mol. The van der Waals surface area contributed by atoms with Gasteiger partial charge in [-0.1, -0.05) is 97.1 Å². The van der Waals surface area contributed by atoms with Gasteiger partial charge < -0.3 is 9.13 Å². The van der Waals surface area contributed by atoms with Crippen molar-refractivity contribution in [3.05, 3.63) is 231 Å². The molecule has 0 bridgehead atoms. The second kappa shape index (κ2) is 15.1. The third-order valence-electron chi connectivity index (χ3n) is 12.0. The van der Waals surface area contributed by atoms with Crippen molar-refractivity contribution in [1.29, 1.82) is 0 Å². The molecule has 0 N–H and O–H groups in total. The van der Waals surface area contributed by atoms with Crippen LogP contribution >= 0.6 is 0 Å². The van der Waals surface area contributed by atoms with Crippen LogP contribution in [0.2, 0.25) is 0 Å². The molecular weight excluding hydrogens is 769 g/mol. The van der Waals surface area contributed by atoms with Crippen molar-refractivity contribution in [2.45, 2.75) is 0 Å². The number of hydrogen-bond acceptors (Lipinski definition) is 4. The molecule has 12 rings (SSSR count). The van der Waals surface area contributed by atoms with E-state index in [4.69, 9.17) is 4.98 Å². The van der Waals surface area contributed by atoms with Crippen molar-refractivity contribution in [3.8, 4) is 45.0 Å². The highest BCUT2D eigenvalue weighted by molar-refractivity contribution is 6.19. The Hall–Kier alpha value is -8.61. The van der Waals surface area contributed by atoms with E-state index in [1.54, 1.807) is 0 Å². The Kier molecular flexibility index (Phi) is 8.71. The second-order valence-electron chi connectivity index (χ2n) is 15.7. The lowest BCUT2D eigenvalue weighted by atomic mass is 10.0. The summed E-state index contributed by atoms with van der Waals surface area (Å²) in [6.45, 7) is 0. The van der Waals surface area contributed by atoms with E-state index in [2.05, 4.69) is 200 Å². The number of anilines is 3. The topological polar surface area (TPSA) is 51.8 Å². The van der Waals surface area contributed by atoms with Crippen LogP contribution in [0.4, 0.5) is 17.2 Å². The molecule has 6 nitrogen and oxygen atoms in total. The normalized spacial score (nSPS) is 11.5. The van der Waals surface area contributed by atoms with Gasteiger partial charge in [-0.15, -0.1) is 0 Å². The van der Waals surface area contributed by atoms with Crippen LogP contribution in [-0.2, 0) is 0 Å². The summed E-state index contributed by atoms with van der Waals surface area (Å²) in [5, 5.41) is 4.82. The van der Waals surface area contributed by atoms with E-state index in [0.29, 0.717) is 0 Å². The SMILES string of the molecule is c1ccc(-n2c3ccccc3c3cc4c(cc32)c2cc(-c3ccnc(N(c5cccc(-c6ccccn6)c5)c5cccc(-c6ccccn6)c5)c3)ccc2n4-c2ccccc2)cc1. The third kappa shape index (κ3) is 6.32. The van der Waals surface area contributed by atoms with Crippen molar-refractivity contribution in [1.82, 2.24) is 24.1 Å². The maximum Gasteiger partial charge on any atom is 0.138 e. The monoisotopic (exact) mass is 806 g/mol. The Morgan fingerprint density at radius 3 is 1.43 bits per heavy atom. The molecule has 0 aliphatic carbocycles. The number of fused-ring (bicyclic) bond motifs is 6. The minimum absolute atomic E-state index is 0.796. The Balaban J connectivity index is 1.06. The van der Waals surface area contributed by atoms with Crippen molar-refractivity contribution in [2.24, 2.45) is 0 Å². The van der Waals surface area contributed by atoms with E-state index in [1.807, 2.05) is 55.0 Å². The highest BCUT2D eigenvalue weighted by atomic mass is 15.2. The summed E-state index contributed by atoms with van der Waals surface area (Å²) in [4.78, 5) is 16.6. The molecule has 7 aromatic carbocycles. The third-order valence-corrected chi connectivity index (χ3v) is 12.0. The van der Waals surface area contributed by atoms with Crippen LogP contribution in [0.1, 0.15) is 0 Å². The Bertz CT molecular complexity index is 3530. The zero-order valence-electron chi connectivity index (χ0n) is 34.1. The molecule has 0 saturated heterocycles. The van der Waals surface area contributed by atoms with Crippen molar-refractivity contribution < 1.29 is 0 Å². The predicted octanol–water partition coefficient (Wildman–Crippen LogP) is 14.5. The van der Waals surface area contributed by atoms with Crippen LogP contribution in [0.3, 0.4) is 0 Å². The van der Waals surface area contributed by atoms with E-state index in [9.17, 15) is 0 Å². The predicted molar refractivity (Wildman–Crippen MR) is 259 cm³/mol. The fourth-order valence-electron chi connectivity index (χ4n) is 9.18. The average Bonchev–Trinajstić information content (AvgIpc) is 3.86. The number of aromatic nitrogens is 5. The number of hydrogen-bond donors (Lipinski definition) is 0. The lowest BCUT2D eigenvalue weighted by Crippen LogP contribution is -2.12. The van der Waals surface area contributed by atoms with E-state index in [1.165, 1.54) is 38.1 Å². The number of benzene rings is 7. The standard InChI is InChI=1S/C57H38N6/c1-3-17-43(18-4-1)62-53-26-8-7-23-47(53)49-37-56-50(38-55(49)62)48-35-39(27-28-54(48)63(56)44-19-5-2-6-20-44)40-29-32-60-57(36-40)61(45-21-13-15-41(33-45)51-24-9-11-30-58-51)46-22-14-16-42(34-46)52-25-10-12-31-59-52/h1-38H. The van der Waals surface area contributed by atoms with E-state index < -0.39 is 0 Å². The number of rotatable bonds is 8. The van der Waals surface area contributed by atoms with Crippen molar-refractivity contribution >= 4 is 60.8 Å². The van der Waals surface area contributed by atoms with Crippen molar-refractivity contribution in [3.63, 3.8) is 0 Å². The molecule has 0 fully saturated rings. The van der Waals surface area contributed by atoms with Gasteiger partial charge in [-0.05, 0) is 126 Å². The molecule has 0 spiro atoms. The lowest BCUT2D eigenvalue weighted by molar-refractivity contribution is 1.17. The van der Waals surface area contributed by atoms with E-state index in [-0.39, 0.29) is 0 Å². The second-order valence-corrected chi connectivity index (χ2v) is 15.7. The van der Waals surface area contributed by atoms with Gasteiger partial charge in [-0.3, -0.25) is 14.9 Å². The van der Waals surface area contributed by atoms with Gasteiger partial charge in [-0.25, -0.2) is 4.98 Å². The largest absolute Gasteiger partial charge is 0.309 e. The zero-order chi connectivity index (χ0) is 41.7. The van der Waals surface area contributed by atoms with Crippen molar-refractivity contribution in [2.75, 3.05) is 4.90 Å². The summed E-state index contributed by atoms with van der Waals surface area (Å²) in [6, 6.07) is 75.1. The first-order valence-corrected chi connectivity index (χ1v) is 21.2. The molecule has 5 heterocycles. The fourth-order valence-corrected chi connectivity index (χ4v) is 9.18. The summed E-state index contributed by atoms with van der Waals surface area (Å²) >= 11 is 0. The van der Waals surface area contributed by atoms with Crippen LogP contribution in [0.15, 0.2) is 231 Å². The molecule has 0 radical (unpaired) electrons. The molecular formula is C57H38N6. The molecule has 5 aromatic heterocycles. The molecule has 0 unspecified atom stereocenters. The van der Waals surface area contributed by atoms with Gasteiger partial charge in [0, 0.05) is 74.0 Å². The first-order chi connectivity index (χ1) is 31.2. The zero-order valence-corrected chi connectivity index (χ0v) is 34.1. The Morgan fingerprint density at radius 1 is 0.302 bits per heavy atom. The van der Waals surface area contributed by atoms with Crippen LogP contribution in [0.25, 0.3) is 88.6 Å². The molecule has 0 aliphatic heterocycles. The minimum Gasteiger partial charge on any atom is -0.309 e. The lowest BCUT2D eigenvalue weighted by Gasteiger charge is -2.25. The van der Waals surface area contributed by atoms with Gasteiger partial charge in [-0.2, -0.15) is 0 Å². The number of nitrogens with zero attached hydrogens (tertiary/aromatic N) is 6. The molecule has 0 atom stereocenters. The summed E-state index contributed by atoms with van der Waals surface area (Å²) < 4.78 is 4.81. The molecule has 12 aromatic rings. The molecule has 0 aliphatic rings. The summed E-state index contributed by atoms with van der Waals surface area (Å²) in [5.74, 6) is 0.796. The maximum absolute atomic E-state index is 5.06. The molecule has 0 saturated carbocycles. The minimum atomic E-state index is 0.796. The summed E-state index contributed by atoms with van der Waals surface area (Å²) in [6.07, 6.45) is 5.59. The van der Waals surface area contributed by atoms with Gasteiger partial charge >= 0.3 is 0 Å². The quantitative estimate of drug-likeness (QED) is 0.153. The van der Waals surface area contributed by atoms with Gasteiger partial charge in [0.2, 0.25) is 0 Å². The molecule has 296 valence electrons. The van der Waals surface area contributed by atoms with Crippen LogP contribution in [0, 0.1) is 0 Å². The summed E-state index contributed by atoms with van der Waals surface area (Å²) in [5.41, 5.74) is 14.9. The van der Waals surface area contributed by atoms with Crippen LogP contribution in [-0.4, -0.2) is 24.1 Å². The molecule has 63 heavy (non-hydrogen) atoms. The van der Waals surface area contributed by atoms with Gasteiger partial charge in [0.15, 0.2) is 0 Å². The van der Waals surface area contributed by atoms with E-state index >= 15 is 0 Å².